The molecule has 1 atom stereocenters. The van der Waals surface area contributed by atoms with Crippen molar-refractivity contribution in [1.29, 1.82) is 0 Å². The van der Waals surface area contributed by atoms with Gasteiger partial charge in [-0.15, -0.1) is 0 Å². The van der Waals surface area contributed by atoms with Gasteiger partial charge in [0.05, 0.1) is 23.4 Å². The number of phenols is 1. The third-order valence-electron chi connectivity index (χ3n) is 6.24. The molecule has 3 aromatic rings. The smallest absolute Gasteiger partial charge is 0.314 e. The van der Waals surface area contributed by atoms with Crippen LogP contribution in [0.4, 0.5) is 11.5 Å². The molecule has 1 aliphatic carbocycles. The van der Waals surface area contributed by atoms with Gasteiger partial charge in [0.1, 0.15) is 5.82 Å². The number of carbonyl (C=O) groups is 1. The first-order chi connectivity index (χ1) is 15.9. The Balaban J connectivity index is 1.80. The minimum absolute atomic E-state index is 0.000885. The average molecular weight is 446 g/mol. The molecule has 0 radical (unpaired) electrons. The number of aromatic nitrogens is 2. The van der Waals surface area contributed by atoms with Crippen LogP contribution >= 0.6 is 0 Å². The van der Waals surface area contributed by atoms with Crippen molar-refractivity contribution in [3.63, 3.8) is 0 Å². The number of phenolic OH excluding ortho intramolecular Hbond substituents is 1. The lowest BCUT2D eigenvalue weighted by Gasteiger charge is -2.33. The zero-order valence-corrected chi connectivity index (χ0v) is 18.2. The maximum absolute atomic E-state index is 13.1. The average Bonchev–Trinajstić information content (AvgIpc) is 3.14. The molecule has 5 rings (SSSR count). The summed E-state index contributed by atoms with van der Waals surface area (Å²) >= 11 is 0. The largest absolute Gasteiger partial charge is 0.500 e. The number of nitro groups is 1. The Labute approximate surface area is 189 Å². The Hall–Kier alpha value is -4.14. The van der Waals surface area contributed by atoms with E-state index in [1.807, 2.05) is 37.3 Å². The molecule has 168 valence electrons. The number of fused-ring (bicyclic) bond motifs is 1. The summed E-state index contributed by atoms with van der Waals surface area (Å²) in [5, 5.41) is 30.1. The summed E-state index contributed by atoms with van der Waals surface area (Å²) in [7, 11) is 1.34. The third kappa shape index (κ3) is 3.24. The van der Waals surface area contributed by atoms with E-state index >= 15 is 0 Å². The molecule has 9 heteroatoms. The molecule has 0 unspecified atom stereocenters. The molecule has 0 amide bonds. The normalized spacial score (nSPS) is 17.3. The monoisotopic (exact) mass is 446 g/mol. The minimum Gasteiger partial charge on any atom is -0.500 e. The molecule has 2 heterocycles. The summed E-state index contributed by atoms with van der Waals surface area (Å²) < 4.78 is 7.03. The number of anilines is 1. The van der Waals surface area contributed by atoms with E-state index in [1.165, 1.54) is 13.2 Å². The van der Waals surface area contributed by atoms with Gasteiger partial charge in [-0.3, -0.25) is 14.9 Å². The van der Waals surface area contributed by atoms with Gasteiger partial charge < -0.3 is 15.2 Å². The Morgan fingerprint density at radius 2 is 2.00 bits per heavy atom. The number of ketones is 1. The number of aromatic hydroxyl groups is 1. The van der Waals surface area contributed by atoms with Crippen molar-refractivity contribution in [3.05, 3.63) is 80.7 Å². The summed E-state index contributed by atoms with van der Waals surface area (Å²) in [6.07, 6.45) is 1.83. The number of methoxy groups -OCH3 is 1. The zero-order valence-electron chi connectivity index (χ0n) is 18.2. The number of ether oxygens (including phenoxy) is 1. The van der Waals surface area contributed by atoms with Crippen LogP contribution < -0.4 is 10.1 Å². The predicted molar refractivity (Wildman–Crippen MR) is 121 cm³/mol. The highest BCUT2D eigenvalue weighted by molar-refractivity contribution is 6.01. The van der Waals surface area contributed by atoms with E-state index in [9.17, 15) is 20.0 Å². The molecule has 1 aliphatic heterocycles. The number of hydrogen-bond donors (Lipinski definition) is 2. The summed E-state index contributed by atoms with van der Waals surface area (Å²) in [5.41, 5.74) is 3.75. The number of hydrogen-bond acceptors (Lipinski definition) is 7. The number of carbonyl (C=O) groups excluding carboxylic acids is 1. The van der Waals surface area contributed by atoms with Gasteiger partial charge in [-0.2, -0.15) is 5.10 Å². The van der Waals surface area contributed by atoms with Gasteiger partial charge in [-0.25, -0.2) is 4.68 Å². The lowest BCUT2D eigenvalue weighted by molar-refractivity contribution is -0.386. The van der Waals surface area contributed by atoms with E-state index in [1.54, 1.807) is 10.7 Å². The number of rotatable bonds is 4. The number of nitrogens with one attached hydrogen (secondary N) is 1. The second-order valence-corrected chi connectivity index (χ2v) is 8.17. The van der Waals surface area contributed by atoms with E-state index in [4.69, 9.17) is 9.84 Å². The number of nitro benzene ring substituents is 1. The molecule has 2 aliphatic rings. The van der Waals surface area contributed by atoms with Gasteiger partial charge in [-0.1, -0.05) is 18.2 Å². The Morgan fingerprint density at radius 3 is 2.70 bits per heavy atom. The Morgan fingerprint density at radius 1 is 1.24 bits per heavy atom. The fourth-order valence-electron chi connectivity index (χ4n) is 4.79. The van der Waals surface area contributed by atoms with Crippen LogP contribution in [0.1, 0.15) is 42.0 Å². The number of benzene rings is 2. The third-order valence-corrected chi connectivity index (χ3v) is 6.24. The first-order valence-corrected chi connectivity index (χ1v) is 10.6. The molecule has 0 saturated carbocycles. The molecular weight excluding hydrogens is 424 g/mol. The van der Waals surface area contributed by atoms with Crippen LogP contribution in [0.5, 0.6) is 11.5 Å². The molecule has 0 saturated heterocycles. The van der Waals surface area contributed by atoms with E-state index in [2.05, 4.69) is 5.32 Å². The minimum atomic E-state index is -0.651. The van der Waals surface area contributed by atoms with Gasteiger partial charge in [-0.05, 0) is 43.5 Å². The van der Waals surface area contributed by atoms with Crippen molar-refractivity contribution in [2.75, 3.05) is 12.4 Å². The van der Waals surface area contributed by atoms with Crippen LogP contribution in [0.2, 0.25) is 0 Å². The fraction of sp³-hybridized carbons (Fsp3) is 0.250. The van der Waals surface area contributed by atoms with E-state index < -0.39 is 22.3 Å². The van der Waals surface area contributed by atoms with Crippen molar-refractivity contribution in [1.82, 2.24) is 9.78 Å². The summed E-state index contributed by atoms with van der Waals surface area (Å²) in [5.74, 6) is -0.401. The quantitative estimate of drug-likeness (QED) is 0.451. The van der Waals surface area contributed by atoms with E-state index in [-0.39, 0.29) is 11.5 Å². The van der Waals surface area contributed by atoms with Crippen LogP contribution in [0.15, 0.2) is 53.7 Å². The van der Waals surface area contributed by atoms with E-state index in [0.29, 0.717) is 29.7 Å². The lowest BCUT2D eigenvalue weighted by Crippen LogP contribution is -2.27. The van der Waals surface area contributed by atoms with Gasteiger partial charge in [0.15, 0.2) is 11.5 Å². The van der Waals surface area contributed by atoms with Crippen molar-refractivity contribution in [2.24, 2.45) is 0 Å². The predicted octanol–water partition coefficient (Wildman–Crippen LogP) is 4.37. The molecule has 2 N–H and O–H groups in total. The summed E-state index contributed by atoms with van der Waals surface area (Å²) in [6.45, 7) is 1.86. The van der Waals surface area contributed by atoms with Crippen molar-refractivity contribution in [2.45, 2.75) is 32.1 Å². The highest BCUT2D eigenvalue weighted by Crippen LogP contribution is 2.49. The number of para-hydroxylation sites is 1. The van der Waals surface area contributed by atoms with Crippen LogP contribution in [0.25, 0.3) is 5.69 Å². The first kappa shape index (κ1) is 20.7. The maximum atomic E-state index is 13.1. The van der Waals surface area contributed by atoms with Gasteiger partial charge in [0, 0.05) is 35.2 Å². The van der Waals surface area contributed by atoms with Crippen LogP contribution in [-0.2, 0) is 4.79 Å². The molecule has 0 bridgehead atoms. The van der Waals surface area contributed by atoms with Crippen LogP contribution in [-0.4, -0.2) is 32.7 Å². The molecule has 1 aromatic heterocycles. The molecule has 33 heavy (non-hydrogen) atoms. The highest BCUT2D eigenvalue weighted by Gasteiger charge is 2.40. The standard InChI is InChI=1S/C24H22N4O5/c1-13-20-21(14-11-17(28(31)32)23(30)19(12-14)33-2)22-16(9-6-10-18(22)29)25-24(20)27(26-13)15-7-4-3-5-8-15/h3-5,7-8,11-12,21,25,30H,6,9-10H2,1-2H3/t21-/m1/s1. The van der Waals surface area contributed by atoms with Crippen LogP contribution in [0.3, 0.4) is 0 Å². The number of allylic oxidation sites excluding steroid dienone is 2. The molecular formula is C24H22N4O5. The van der Waals surface area contributed by atoms with Gasteiger partial charge in [0.2, 0.25) is 5.75 Å². The second-order valence-electron chi connectivity index (χ2n) is 8.17. The second kappa shape index (κ2) is 7.77. The highest BCUT2D eigenvalue weighted by atomic mass is 16.6. The summed E-state index contributed by atoms with van der Waals surface area (Å²) in [6, 6.07) is 12.5. The number of Topliss-reactive ketones (excluding diaryl/α,β-unsaturated/α-hetero) is 1. The SMILES string of the molecule is COc1cc([C@H]2C3=C(CCCC3=O)Nc3c2c(C)nn3-c2ccccc2)cc([N+](=O)[O-])c1O. The molecule has 2 aromatic carbocycles. The van der Waals surface area contributed by atoms with E-state index in [0.717, 1.165) is 29.2 Å². The number of aryl methyl sites for hydroxylation is 1. The number of nitrogens with zero attached hydrogens (tertiary/aromatic N) is 3. The Kier molecular flexibility index (Phi) is 4.88. The van der Waals surface area contributed by atoms with Crippen molar-refractivity contribution < 1.29 is 19.6 Å². The molecule has 9 nitrogen and oxygen atoms in total. The Bertz CT molecular complexity index is 1330. The zero-order chi connectivity index (χ0) is 23.3. The fourth-order valence-corrected chi connectivity index (χ4v) is 4.79. The first-order valence-electron chi connectivity index (χ1n) is 10.6. The summed E-state index contributed by atoms with van der Waals surface area (Å²) in [4.78, 5) is 24.1. The lowest BCUT2D eigenvalue weighted by atomic mass is 9.76. The van der Waals surface area contributed by atoms with Crippen molar-refractivity contribution >= 4 is 17.3 Å². The van der Waals surface area contributed by atoms with Gasteiger partial charge >= 0.3 is 5.69 Å². The topological polar surface area (TPSA) is 120 Å². The van der Waals surface area contributed by atoms with Crippen LogP contribution in [0, 0.1) is 17.0 Å². The molecule has 0 spiro atoms. The maximum Gasteiger partial charge on any atom is 0.314 e. The van der Waals surface area contributed by atoms with Crippen molar-refractivity contribution in [3.8, 4) is 17.2 Å². The molecule has 0 fully saturated rings. The van der Waals surface area contributed by atoms with Gasteiger partial charge in [0.25, 0.3) is 0 Å².